The van der Waals surface area contributed by atoms with Crippen molar-refractivity contribution in [1.82, 2.24) is 14.9 Å². The predicted molar refractivity (Wildman–Crippen MR) is 75.4 cm³/mol. The van der Waals surface area contributed by atoms with Crippen molar-refractivity contribution in [3.63, 3.8) is 0 Å². The normalized spacial score (nSPS) is 11.4. The largest absolute Gasteiger partial charge is 0.389 e. The highest BCUT2D eigenvalue weighted by molar-refractivity contribution is 7.89. The maximum atomic E-state index is 12.0. The van der Waals surface area contributed by atoms with Gasteiger partial charge < -0.3 is 10.3 Å². The van der Waals surface area contributed by atoms with Gasteiger partial charge in [-0.2, -0.15) is 4.98 Å². The van der Waals surface area contributed by atoms with E-state index in [4.69, 9.17) is 22.5 Å². The fourth-order valence-corrected chi connectivity index (χ4v) is 2.56. The number of rotatable bonds is 5. The molecule has 3 N–H and O–H groups in total. The van der Waals surface area contributed by atoms with Gasteiger partial charge in [0.1, 0.15) is 4.99 Å². The van der Waals surface area contributed by atoms with Crippen LogP contribution in [0.5, 0.6) is 0 Å². The summed E-state index contributed by atoms with van der Waals surface area (Å²) in [5.74, 6) is 0.644. The number of sulfonamides is 1. The van der Waals surface area contributed by atoms with Crippen molar-refractivity contribution in [3.8, 4) is 0 Å². The van der Waals surface area contributed by atoms with Crippen LogP contribution < -0.4 is 10.5 Å². The quantitative estimate of drug-likeness (QED) is 0.773. The molecule has 1 aromatic carbocycles. The van der Waals surface area contributed by atoms with Crippen LogP contribution in [-0.2, 0) is 16.6 Å². The molecular weight excluding hydrogens is 300 g/mol. The van der Waals surface area contributed by atoms with Crippen molar-refractivity contribution in [2.75, 3.05) is 0 Å². The zero-order valence-electron chi connectivity index (χ0n) is 10.5. The van der Waals surface area contributed by atoms with Crippen LogP contribution in [0.4, 0.5) is 0 Å². The average molecular weight is 312 g/mol. The van der Waals surface area contributed by atoms with Gasteiger partial charge in [0.25, 0.3) is 0 Å². The number of hydrogen-bond acceptors (Lipinski definition) is 6. The molecule has 1 heterocycles. The van der Waals surface area contributed by atoms with Gasteiger partial charge in [-0.25, -0.2) is 13.1 Å². The molecule has 2 rings (SSSR count). The second-order valence-corrected chi connectivity index (χ2v) is 6.16. The topological polar surface area (TPSA) is 111 Å². The van der Waals surface area contributed by atoms with Crippen LogP contribution >= 0.6 is 12.2 Å². The smallest absolute Gasteiger partial charge is 0.241 e. The van der Waals surface area contributed by atoms with Crippen LogP contribution in [0.1, 0.15) is 17.3 Å². The van der Waals surface area contributed by atoms with E-state index in [0.29, 0.717) is 11.4 Å². The minimum Gasteiger partial charge on any atom is -0.389 e. The van der Waals surface area contributed by atoms with E-state index >= 15 is 0 Å². The Kier molecular flexibility index (Phi) is 4.12. The van der Waals surface area contributed by atoms with Crippen LogP contribution in [-0.4, -0.2) is 23.5 Å². The Labute approximate surface area is 121 Å². The number of nitrogens with two attached hydrogens (primary N) is 1. The van der Waals surface area contributed by atoms with Crippen molar-refractivity contribution >= 4 is 27.2 Å². The lowest BCUT2D eigenvalue weighted by atomic mass is 10.2. The molecule has 0 radical (unpaired) electrons. The summed E-state index contributed by atoms with van der Waals surface area (Å²) in [7, 11) is -3.65. The lowest BCUT2D eigenvalue weighted by Gasteiger charge is -2.05. The van der Waals surface area contributed by atoms with E-state index in [1.807, 2.05) is 0 Å². The predicted octanol–water partition coefficient (Wildman–Crippen LogP) is 0.491. The molecule has 2 aromatic rings. The fraction of sp³-hybridized carbons (Fsp3) is 0.182. The number of thiocarbonyl (C=S) groups is 1. The molecule has 0 fully saturated rings. The van der Waals surface area contributed by atoms with Crippen LogP contribution in [0.15, 0.2) is 33.7 Å². The first-order chi connectivity index (χ1) is 9.38. The highest BCUT2D eigenvalue weighted by Crippen LogP contribution is 2.11. The summed E-state index contributed by atoms with van der Waals surface area (Å²) in [6, 6.07) is 5.95. The van der Waals surface area contributed by atoms with E-state index in [2.05, 4.69) is 14.9 Å². The van der Waals surface area contributed by atoms with Gasteiger partial charge in [-0.1, -0.05) is 29.5 Å². The summed E-state index contributed by atoms with van der Waals surface area (Å²) in [6.45, 7) is 1.58. The van der Waals surface area contributed by atoms with E-state index in [9.17, 15) is 8.42 Å². The van der Waals surface area contributed by atoms with Crippen molar-refractivity contribution < 1.29 is 12.9 Å². The molecule has 0 saturated heterocycles. The number of aromatic nitrogens is 2. The zero-order chi connectivity index (χ0) is 14.8. The van der Waals surface area contributed by atoms with E-state index in [0.717, 1.165) is 0 Å². The molecule has 106 valence electrons. The van der Waals surface area contributed by atoms with Crippen LogP contribution in [0, 0.1) is 6.92 Å². The minimum absolute atomic E-state index is 0.0692. The van der Waals surface area contributed by atoms with Gasteiger partial charge in [0, 0.05) is 5.56 Å². The Bertz CT molecular complexity index is 722. The van der Waals surface area contributed by atoms with Gasteiger partial charge in [-0.15, -0.1) is 0 Å². The van der Waals surface area contributed by atoms with Gasteiger partial charge in [0.05, 0.1) is 11.4 Å². The van der Waals surface area contributed by atoms with Gasteiger partial charge in [0.15, 0.2) is 5.82 Å². The first kappa shape index (κ1) is 14.6. The first-order valence-electron chi connectivity index (χ1n) is 5.57. The number of nitrogens with zero attached hydrogens (tertiary/aromatic N) is 2. The number of aryl methyl sites for hydroxylation is 1. The molecule has 1 aromatic heterocycles. The average Bonchev–Trinajstić information content (AvgIpc) is 2.82. The Hall–Kier alpha value is -1.84. The molecule has 0 aliphatic heterocycles. The lowest BCUT2D eigenvalue weighted by Crippen LogP contribution is -2.23. The first-order valence-corrected chi connectivity index (χ1v) is 7.46. The fourth-order valence-electron chi connectivity index (χ4n) is 1.45. The second kappa shape index (κ2) is 5.65. The standard InChI is InChI=1S/C11H12N4O3S2/c1-7-14-10(18-15-7)6-13-20(16,17)9-4-2-8(3-5-9)11(12)19/h2-5,13H,6H2,1H3,(H2,12,19). The molecular formula is C11H12N4O3S2. The van der Waals surface area contributed by atoms with E-state index in [1.54, 1.807) is 19.1 Å². The third kappa shape index (κ3) is 3.38. The van der Waals surface area contributed by atoms with Crippen LogP contribution in [0.25, 0.3) is 0 Å². The second-order valence-electron chi connectivity index (χ2n) is 3.95. The Balaban J connectivity index is 2.11. The van der Waals surface area contributed by atoms with E-state index in [1.165, 1.54) is 12.1 Å². The number of nitrogens with one attached hydrogen (secondary N) is 1. The Morgan fingerprint density at radius 1 is 1.40 bits per heavy atom. The lowest BCUT2D eigenvalue weighted by molar-refractivity contribution is 0.372. The molecule has 0 saturated carbocycles. The molecule has 0 unspecified atom stereocenters. The Morgan fingerprint density at radius 2 is 2.05 bits per heavy atom. The maximum Gasteiger partial charge on any atom is 0.241 e. The van der Waals surface area contributed by atoms with Crippen molar-refractivity contribution in [2.24, 2.45) is 5.73 Å². The van der Waals surface area contributed by atoms with Gasteiger partial charge >= 0.3 is 0 Å². The maximum absolute atomic E-state index is 12.0. The van der Waals surface area contributed by atoms with E-state index in [-0.39, 0.29) is 22.3 Å². The van der Waals surface area contributed by atoms with Crippen molar-refractivity contribution in [2.45, 2.75) is 18.4 Å². The molecule has 0 aliphatic rings. The summed E-state index contributed by atoms with van der Waals surface area (Å²) in [4.78, 5) is 4.22. The van der Waals surface area contributed by atoms with E-state index < -0.39 is 10.0 Å². The van der Waals surface area contributed by atoms with Crippen molar-refractivity contribution in [3.05, 3.63) is 41.5 Å². The highest BCUT2D eigenvalue weighted by Gasteiger charge is 2.15. The minimum atomic E-state index is -3.65. The molecule has 9 heteroatoms. The summed E-state index contributed by atoms with van der Waals surface area (Å²) >= 11 is 4.80. The van der Waals surface area contributed by atoms with Gasteiger partial charge in [-0.05, 0) is 19.1 Å². The molecule has 0 aliphatic carbocycles. The summed E-state index contributed by atoms with van der Waals surface area (Å²) in [6.07, 6.45) is 0. The molecule has 7 nitrogen and oxygen atoms in total. The number of benzene rings is 1. The van der Waals surface area contributed by atoms with Crippen LogP contribution in [0.3, 0.4) is 0 Å². The van der Waals surface area contributed by atoms with Gasteiger partial charge in [0.2, 0.25) is 15.9 Å². The van der Waals surface area contributed by atoms with Gasteiger partial charge in [-0.3, -0.25) is 0 Å². The van der Waals surface area contributed by atoms with Crippen molar-refractivity contribution in [1.29, 1.82) is 0 Å². The number of hydrogen-bond donors (Lipinski definition) is 2. The molecule has 0 bridgehead atoms. The Morgan fingerprint density at radius 3 is 2.55 bits per heavy atom. The summed E-state index contributed by atoms with van der Waals surface area (Å²) in [5.41, 5.74) is 6.05. The summed E-state index contributed by atoms with van der Waals surface area (Å²) in [5, 5.41) is 3.57. The molecule has 0 atom stereocenters. The van der Waals surface area contributed by atoms with Crippen LogP contribution in [0.2, 0.25) is 0 Å². The highest BCUT2D eigenvalue weighted by atomic mass is 32.2. The zero-order valence-corrected chi connectivity index (χ0v) is 12.2. The molecule has 0 amide bonds. The molecule has 20 heavy (non-hydrogen) atoms. The summed E-state index contributed by atoms with van der Waals surface area (Å²) < 4.78 is 31.2. The third-order valence-electron chi connectivity index (χ3n) is 2.43. The third-order valence-corrected chi connectivity index (χ3v) is 4.09. The molecule has 0 spiro atoms. The monoisotopic (exact) mass is 312 g/mol. The SMILES string of the molecule is Cc1noc(CNS(=O)(=O)c2ccc(C(N)=S)cc2)n1.